The SMILES string of the molecule is O=C(N[C@H]1C[C@H]1c1ccccc1)c1ccc2c(c1)CCC(CCN1CCC(c3ccccc3)CC1)C2=O. The third-order valence-electron chi connectivity index (χ3n) is 8.75. The van der Waals surface area contributed by atoms with Crippen molar-refractivity contribution >= 4 is 11.7 Å². The highest BCUT2D eigenvalue weighted by atomic mass is 16.1. The smallest absolute Gasteiger partial charge is 0.251 e. The molecule has 1 saturated carbocycles. The molecule has 0 bridgehead atoms. The topological polar surface area (TPSA) is 49.4 Å². The van der Waals surface area contributed by atoms with Gasteiger partial charge < -0.3 is 10.2 Å². The molecular formula is C33H36N2O2. The van der Waals surface area contributed by atoms with E-state index in [4.69, 9.17) is 0 Å². The van der Waals surface area contributed by atoms with Gasteiger partial charge in [-0.15, -0.1) is 0 Å². The molecule has 0 aromatic heterocycles. The monoisotopic (exact) mass is 492 g/mol. The molecule has 0 spiro atoms. The molecule has 3 atom stereocenters. The second kappa shape index (κ2) is 10.6. The third-order valence-corrected chi connectivity index (χ3v) is 8.75. The number of carbonyl (C=O) groups is 2. The molecule has 1 unspecified atom stereocenters. The van der Waals surface area contributed by atoms with Crippen LogP contribution in [-0.2, 0) is 6.42 Å². The summed E-state index contributed by atoms with van der Waals surface area (Å²) >= 11 is 0. The average molecular weight is 493 g/mol. The van der Waals surface area contributed by atoms with Gasteiger partial charge in [0, 0.05) is 29.0 Å². The standard InChI is InChI=1S/C33H36N2O2/c36-32-26(17-20-35-18-15-24(16-19-35)23-7-3-1-4-8-23)11-12-27-21-28(13-14-29(27)32)33(37)34-31-22-30(31)25-9-5-2-6-10-25/h1-10,13-14,21,24,26,30-31H,11-12,15-20,22H2,(H,34,37)/t26?,30-,31-/m0/s1. The number of piperidine rings is 1. The summed E-state index contributed by atoms with van der Waals surface area (Å²) in [6.45, 7) is 3.22. The van der Waals surface area contributed by atoms with Crippen molar-refractivity contribution < 1.29 is 9.59 Å². The molecule has 1 heterocycles. The van der Waals surface area contributed by atoms with Crippen LogP contribution in [0.1, 0.15) is 81.3 Å². The van der Waals surface area contributed by atoms with E-state index in [1.54, 1.807) is 0 Å². The van der Waals surface area contributed by atoms with Crippen molar-refractivity contribution in [1.82, 2.24) is 10.2 Å². The summed E-state index contributed by atoms with van der Waals surface area (Å²) in [7, 11) is 0. The maximum atomic E-state index is 13.3. The zero-order valence-corrected chi connectivity index (χ0v) is 21.4. The second-order valence-corrected chi connectivity index (χ2v) is 11.1. The number of aryl methyl sites for hydroxylation is 1. The molecule has 2 fully saturated rings. The predicted octanol–water partition coefficient (Wildman–Crippen LogP) is 5.99. The number of carbonyl (C=O) groups excluding carboxylic acids is 2. The first-order valence-corrected chi connectivity index (χ1v) is 14.0. The fraction of sp³-hybridized carbons (Fsp3) is 0.394. The first-order chi connectivity index (χ1) is 18.2. The lowest BCUT2D eigenvalue weighted by molar-refractivity contribution is 0.0875. The Labute approximate surface area is 220 Å². The summed E-state index contributed by atoms with van der Waals surface area (Å²) in [6, 6.07) is 27.1. The van der Waals surface area contributed by atoms with Crippen LogP contribution in [0.2, 0.25) is 0 Å². The van der Waals surface area contributed by atoms with Crippen molar-refractivity contribution in [1.29, 1.82) is 0 Å². The van der Waals surface area contributed by atoms with Gasteiger partial charge in [-0.1, -0.05) is 66.7 Å². The Bertz CT molecular complexity index is 1250. The van der Waals surface area contributed by atoms with E-state index in [0.717, 1.165) is 56.4 Å². The zero-order valence-electron chi connectivity index (χ0n) is 21.4. The highest BCUT2D eigenvalue weighted by Crippen LogP contribution is 2.41. The Kier molecular flexibility index (Phi) is 6.93. The van der Waals surface area contributed by atoms with Crippen LogP contribution in [0.5, 0.6) is 0 Å². The molecule has 3 aliphatic rings. The normalized spacial score (nSPS) is 23.9. The lowest BCUT2D eigenvalue weighted by atomic mass is 9.80. The number of rotatable bonds is 7. The van der Waals surface area contributed by atoms with Gasteiger partial charge in [0.05, 0.1) is 0 Å². The van der Waals surface area contributed by atoms with E-state index in [2.05, 4.69) is 52.7 Å². The molecule has 190 valence electrons. The quantitative estimate of drug-likeness (QED) is 0.441. The molecule has 1 amide bonds. The number of hydrogen-bond donors (Lipinski definition) is 1. The Balaban J connectivity index is 1.00. The van der Waals surface area contributed by atoms with E-state index in [1.807, 2.05) is 36.4 Å². The molecule has 1 aliphatic heterocycles. The van der Waals surface area contributed by atoms with Crippen LogP contribution in [0.4, 0.5) is 0 Å². The Morgan fingerprint density at radius 2 is 1.57 bits per heavy atom. The lowest BCUT2D eigenvalue weighted by Gasteiger charge is -2.33. The molecule has 6 rings (SSSR count). The van der Waals surface area contributed by atoms with Crippen molar-refractivity contribution in [2.24, 2.45) is 5.92 Å². The largest absolute Gasteiger partial charge is 0.349 e. The number of benzene rings is 3. The zero-order chi connectivity index (χ0) is 25.2. The third kappa shape index (κ3) is 5.40. The molecule has 1 N–H and O–H groups in total. The first-order valence-electron chi connectivity index (χ1n) is 14.0. The average Bonchev–Trinajstić information content (AvgIpc) is 3.73. The molecule has 0 radical (unpaired) electrons. The van der Waals surface area contributed by atoms with Crippen LogP contribution in [0, 0.1) is 5.92 Å². The Morgan fingerprint density at radius 3 is 2.30 bits per heavy atom. The summed E-state index contributed by atoms with van der Waals surface area (Å²) in [4.78, 5) is 28.7. The summed E-state index contributed by atoms with van der Waals surface area (Å²) in [5, 5.41) is 3.19. The molecule has 2 aliphatic carbocycles. The number of ketones is 1. The maximum Gasteiger partial charge on any atom is 0.251 e. The van der Waals surface area contributed by atoms with Crippen molar-refractivity contribution in [2.75, 3.05) is 19.6 Å². The van der Waals surface area contributed by atoms with Crippen LogP contribution in [0.15, 0.2) is 78.9 Å². The van der Waals surface area contributed by atoms with E-state index in [1.165, 1.54) is 24.0 Å². The highest BCUT2D eigenvalue weighted by molar-refractivity contribution is 6.02. The number of hydrogen-bond acceptors (Lipinski definition) is 3. The van der Waals surface area contributed by atoms with Gasteiger partial charge in [0.15, 0.2) is 5.78 Å². The van der Waals surface area contributed by atoms with Crippen LogP contribution in [0.25, 0.3) is 0 Å². The number of amides is 1. The van der Waals surface area contributed by atoms with Gasteiger partial charge >= 0.3 is 0 Å². The Hall–Kier alpha value is -3.24. The number of fused-ring (bicyclic) bond motifs is 1. The van der Waals surface area contributed by atoms with Crippen molar-refractivity contribution in [3.63, 3.8) is 0 Å². The van der Waals surface area contributed by atoms with Crippen LogP contribution in [0.3, 0.4) is 0 Å². The number of nitrogens with one attached hydrogen (secondary N) is 1. The van der Waals surface area contributed by atoms with Gasteiger partial charge in [0.25, 0.3) is 5.91 Å². The predicted molar refractivity (Wildman–Crippen MR) is 147 cm³/mol. The van der Waals surface area contributed by atoms with Gasteiger partial charge in [-0.25, -0.2) is 0 Å². The van der Waals surface area contributed by atoms with Crippen molar-refractivity contribution in [3.05, 3.63) is 107 Å². The molecule has 1 saturated heterocycles. The molecular weight excluding hydrogens is 456 g/mol. The Morgan fingerprint density at radius 1 is 0.865 bits per heavy atom. The summed E-state index contributed by atoms with van der Waals surface area (Å²) in [5.74, 6) is 1.40. The highest BCUT2D eigenvalue weighted by Gasteiger charge is 2.39. The van der Waals surface area contributed by atoms with Crippen LogP contribution < -0.4 is 5.32 Å². The van der Waals surface area contributed by atoms with Gasteiger partial charge in [-0.05, 0) is 92.9 Å². The van der Waals surface area contributed by atoms with E-state index in [9.17, 15) is 9.59 Å². The van der Waals surface area contributed by atoms with Gasteiger partial charge in [0.2, 0.25) is 0 Å². The second-order valence-electron chi connectivity index (χ2n) is 11.1. The number of likely N-dealkylation sites (tertiary alicyclic amines) is 1. The molecule has 4 heteroatoms. The van der Waals surface area contributed by atoms with Gasteiger partial charge in [0.1, 0.15) is 0 Å². The van der Waals surface area contributed by atoms with E-state index in [-0.39, 0.29) is 23.7 Å². The minimum absolute atomic E-state index is 0.0280. The van der Waals surface area contributed by atoms with E-state index >= 15 is 0 Å². The molecule has 4 nitrogen and oxygen atoms in total. The summed E-state index contributed by atoms with van der Waals surface area (Å²) in [5.41, 5.74) is 5.28. The molecule has 37 heavy (non-hydrogen) atoms. The van der Waals surface area contributed by atoms with E-state index < -0.39 is 0 Å². The fourth-order valence-corrected chi connectivity index (χ4v) is 6.37. The molecule has 3 aromatic rings. The number of nitrogens with zero attached hydrogens (tertiary/aromatic N) is 1. The number of Topliss-reactive ketones (excluding diaryl/α,β-unsaturated/α-hetero) is 1. The van der Waals surface area contributed by atoms with Crippen LogP contribution in [-0.4, -0.2) is 42.3 Å². The maximum absolute atomic E-state index is 13.3. The fourth-order valence-electron chi connectivity index (χ4n) is 6.37. The lowest BCUT2D eigenvalue weighted by Crippen LogP contribution is -2.36. The van der Waals surface area contributed by atoms with Crippen molar-refractivity contribution in [2.45, 2.75) is 56.4 Å². The minimum atomic E-state index is -0.0280. The van der Waals surface area contributed by atoms with Crippen molar-refractivity contribution in [3.8, 4) is 0 Å². The van der Waals surface area contributed by atoms with Gasteiger partial charge in [-0.3, -0.25) is 9.59 Å². The first kappa shape index (κ1) is 24.1. The summed E-state index contributed by atoms with van der Waals surface area (Å²) < 4.78 is 0. The van der Waals surface area contributed by atoms with Gasteiger partial charge in [-0.2, -0.15) is 0 Å². The van der Waals surface area contributed by atoms with E-state index in [0.29, 0.717) is 17.4 Å². The summed E-state index contributed by atoms with van der Waals surface area (Å²) in [6.07, 6.45) is 6.07. The van der Waals surface area contributed by atoms with Crippen LogP contribution >= 0.6 is 0 Å². The minimum Gasteiger partial charge on any atom is -0.349 e. The molecule has 3 aromatic carbocycles.